The predicted octanol–water partition coefficient (Wildman–Crippen LogP) is 2.06. The Morgan fingerprint density at radius 2 is 2.31 bits per heavy atom. The highest BCUT2D eigenvalue weighted by molar-refractivity contribution is 5.24. The van der Waals surface area contributed by atoms with Gasteiger partial charge in [-0.05, 0) is 31.9 Å². The fraction of sp³-hybridized carbons (Fsp3) is 0.538. The third-order valence-corrected chi connectivity index (χ3v) is 3.21. The number of nitrogens with zero attached hydrogens (tertiary/aromatic N) is 1. The highest BCUT2D eigenvalue weighted by atomic mass is 19.1. The van der Waals surface area contributed by atoms with E-state index in [1.54, 1.807) is 13.0 Å². The summed E-state index contributed by atoms with van der Waals surface area (Å²) in [6, 6.07) is 5.84. The molecule has 1 saturated heterocycles. The maximum absolute atomic E-state index is 13.8. The van der Waals surface area contributed by atoms with Gasteiger partial charge in [-0.25, -0.2) is 4.39 Å². The van der Waals surface area contributed by atoms with Crippen molar-refractivity contribution in [2.45, 2.75) is 32.4 Å². The molecule has 0 spiro atoms. The summed E-state index contributed by atoms with van der Waals surface area (Å²) in [6.07, 6.45) is 2.21. The van der Waals surface area contributed by atoms with Gasteiger partial charge in [-0.15, -0.1) is 0 Å². The van der Waals surface area contributed by atoms with Crippen molar-refractivity contribution in [2.24, 2.45) is 5.73 Å². The van der Waals surface area contributed by atoms with E-state index in [1.165, 1.54) is 0 Å². The Balaban J connectivity index is 2.05. The Morgan fingerprint density at radius 1 is 1.50 bits per heavy atom. The van der Waals surface area contributed by atoms with E-state index in [1.807, 2.05) is 12.1 Å². The molecule has 1 aromatic carbocycles. The molecule has 1 aliphatic heterocycles. The molecular formula is C13H19FN2. The van der Waals surface area contributed by atoms with Crippen molar-refractivity contribution in [1.82, 2.24) is 4.90 Å². The van der Waals surface area contributed by atoms with Crippen molar-refractivity contribution in [3.8, 4) is 0 Å². The summed E-state index contributed by atoms with van der Waals surface area (Å²) in [4.78, 5) is 2.24. The molecule has 0 aromatic heterocycles. The normalized spacial score (nSPS) is 22.3. The lowest BCUT2D eigenvalue weighted by Crippen LogP contribution is -2.42. The SMILES string of the molecule is Cc1cccc(CN2CCCC(N)C2)c1F. The van der Waals surface area contributed by atoms with E-state index in [9.17, 15) is 4.39 Å². The Bertz CT molecular complexity index is 365. The molecule has 1 aromatic rings. The summed E-state index contributed by atoms with van der Waals surface area (Å²) in [5.74, 6) is -0.0679. The topological polar surface area (TPSA) is 29.3 Å². The van der Waals surface area contributed by atoms with E-state index in [0.717, 1.165) is 37.1 Å². The molecule has 1 fully saturated rings. The Morgan fingerprint density at radius 3 is 3.06 bits per heavy atom. The molecule has 2 N–H and O–H groups in total. The molecule has 1 heterocycles. The van der Waals surface area contributed by atoms with Gasteiger partial charge < -0.3 is 5.73 Å². The van der Waals surface area contributed by atoms with Gasteiger partial charge in [0.2, 0.25) is 0 Å². The second kappa shape index (κ2) is 4.93. The van der Waals surface area contributed by atoms with Crippen LogP contribution in [0.3, 0.4) is 0 Å². The first kappa shape index (κ1) is 11.6. The molecular weight excluding hydrogens is 203 g/mol. The maximum Gasteiger partial charge on any atom is 0.130 e. The van der Waals surface area contributed by atoms with Crippen molar-refractivity contribution >= 4 is 0 Å². The van der Waals surface area contributed by atoms with Crippen LogP contribution in [0.15, 0.2) is 18.2 Å². The van der Waals surface area contributed by atoms with Crippen LogP contribution >= 0.6 is 0 Å². The van der Waals surface area contributed by atoms with Gasteiger partial charge in [0.05, 0.1) is 0 Å². The first-order valence-corrected chi connectivity index (χ1v) is 5.89. The van der Waals surface area contributed by atoms with Crippen LogP contribution in [-0.2, 0) is 6.54 Å². The van der Waals surface area contributed by atoms with Crippen LogP contribution in [-0.4, -0.2) is 24.0 Å². The third-order valence-electron chi connectivity index (χ3n) is 3.21. The second-order valence-electron chi connectivity index (χ2n) is 4.69. The minimum atomic E-state index is -0.0679. The van der Waals surface area contributed by atoms with Crippen LogP contribution in [0.25, 0.3) is 0 Å². The van der Waals surface area contributed by atoms with Gasteiger partial charge in [0.25, 0.3) is 0 Å². The van der Waals surface area contributed by atoms with Gasteiger partial charge in [0.15, 0.2) is 0 Å². The minimum absolute atomic E-state index is 0.0679. The smallest absolute Gasteiger partial charge is 0.130 e. The van der Waals surface area contributed by atoms with Crippen molar-refractivity contribution in [1.29, 1.82) is 0 Å². The monoisotopic (exact) mass is 222 g/mol. The molecule has 2 rings (SSSR count). The molecule has 0 saturated carbocycles. The van der Waals surface area contributed by atoms with Gasteiger partial charge in [0.1, 0.15) is 5.82 Å². The molecule has 2 nitrogen and oxygen atoms in total. The minimum Gasteiger partial charge on any atom is -0.327 e. The molecule has 1 atom stereocenters. The van der Waals surface area contributed by atoms with E-state index in [2.05, 4.69) is 4.90 Å². The predicted molar refractivity (Wildman–Crippen MR) is 63.6 cm³/mol. The van der Waals surface area contributed by atoms with E-state index in [-0.39, 0.29) is 11.9 Å². The molecule has 0 amide bonds. The highest BCUT2D eigenvalue weighted by Gasteiger charge is 2.17. The Labute approximate surface area is 96.2 Å². The number of rotatable bonds is 2. The number of piperidine rings is 1. The standard InChI is InChI=1S/C13H19FN2/c1-10-4-2-5-11(13(10)14)8-16-7-3-6-12(15)9-16/h2,4-5,12H,3,6-9,15H2,1H3. The Kier molecular flexibility index (Phi) is 3.56. The van der Waals surface area contributed by atoms with Gasteiger partial charge in [0, 0.05) is 24.7 Å². The molecule has 1 unspecified atom stereocenters. The first-order chi connectivity index (χ1) is 7.66. The van der Waals surface area contributed by atoms with E-state index < -0.39 is 0 Å². The van der Waals surface area contributed by atoms with E-state index in [4.69, 9.17) is 5.73 Å². The van der Waals surface area contributed by atoms with Crippen molar-refractivity contribution in [2.75, 3.05) is 13.1 Å². The molecule has 16 heavy (non-hydrogen) atoms. The van der Waals surface area contributed by atoms with Gasteiger partial charge in [-0.1, -0.05) is 18.2 Å². The molecule has 0 bridgehead atoms. The van der Waals surface area contributed by atoms with Crippen LogP contribution in [0, 0.1) is 12.7 Å². The number of aryl methyl sites for hydroxylation is 1. The lowest BCUT2D eigenvalue weighted by atomic mass is 10.0. The number of hydrogen-bond acceptors (Lipinski definition) is 2. The zero-order chi connectivity index (χ0) is 11.5. The number of benzene rings is 1. The van der Waals surface area contributed by atoms with E-state index in [0.29, 0.717) is 6.54 Å². The van der Waals surface area contributed by atoms with Crippen LogP contribution in [0.2, 0.25) is 0 Å². The van der Waals surface area contributed by atoms with Crippen molar-refractivity contribution in [3.05, 3.63) is 35.1 Å². The molecule has 0 aliphatic carbocycles. The van der Waals surface area contributed by atoms with Crippen molar-refractivity contribution < 1.29 is 4.39 Å². The average Bonchev–Trinajstić information content (AvgIpc) is 2.25. The zero-order valence-electron chi connectivity index (χ0n) is 9.75. The lowest BCUT2D eigenvalue weighted by Gasteiger charge is -2.30. The largest absolute Gasteiger partial charge is 0.327 e. The third kappa shape index (κ3) is 2.60. The average molecular weight is 222 g/mol. The summed E-state index contributed by atoms with van der Waals surface area (Å²) in [6.45, 7) is 4.40. The van der Waals surface area contributed by atoms with Crippen LogP contribution < -0.4 is 5.73 Å². The number of nitrogens with two attached hydrogens (primary N) is 1. The summed E-state index contributed by atoms with van der Waals surface area (Å²) in [5.41, 5.74) is 7.42. The zero-order valence-corrected chi connectivity index (χ0v) is 9.75. The summed E-state index contributed by atoms with van der Waals surface area (Å²) < 4.78 is 13.8. The van der Waals surface area contributed by atoms with Crippen LogP contribution in [0.4, 0.5) is 4.39 Å². The van der Waals surface area contributed by atoms with Crippen LogP contribution in [0.5, 0.6) is 0 Å². The summed E-state index contributed by atoms with van der Waals surface area (Å²) >= 11 is 0. The summed E-state index contributed by atoms with van der Waals surface area (Å²) in [5, 5.41) is 0. The highest BCUT2D eigenvalue weighted by Crippen LogP contribution is 2.17. The second-order valence-corrected chi connectivity index (χ2v) is 4.69. The fourth-order valence-corrected chi connectivity index (χ4v) is 2.31. The number of likely N-dealkylation sites (tertiary alicyclic amines) is 1. The van der Waals surface area contributed by atoms with Gasteiger partial charge in [-0.3, -0.25) is 4.90 Å². The van der Waals surface area contributed by atoms with E-state index >= 15 is 0 Å². The van der Waals surface area contributed by atoms with Crippen molar-refractivity contribution in [3.63, 3.8) is 0 Å². The lowest BCUT2D eigenvalue weighted by molar-refractivity contribution is 0.199. The molecule has 1 aliphatic rings. The number of halogens is 1. The Hall–Kier alpha value is -0.930. The van der Waals surface area contributed by atoms with Gasteiger partial charge >= 0.3 is 0 Å². The fourth-order valence-electron chi connectivity index (χ4n) is 2.31. The molecule has 0 radical (unpaired) electrons. The number of hydrogen-bond donors (Lipinski definition) is 1. The molecule has 3 heteroatoms. The molecule has 88 valence electrons. The van der Waals surface area contributed by atoms with Crippen LogP contribution in [0.1, 0.15) is 24.0 Å². The first-order valence-electron chi connectivity index (χ1n) is 5.89. The quantitative estimate of drug-likeness (QED) is 0.830. The maximum atomic E-state index is 13.8. The van der Waals surface area contributed by atoms with Gasteiger partial charge in [-0.2, -0.15) is 0 Å². The summed E-state index contributed by atoms with van der Waals surface area (Å²) in [7, 11) is 0.